The highest BCUT2D eigenvalue weighted by Gasteiger charge is 2.34. The van der Waals surface area contributed by atoms with E-state index in [9.17, 15) is 0 Å². The van der Waals surface area contributed by atoms with Gasteiger partial charge in [0.25, 0.3) is 0 Å². The van der Waals surface area contributed by atoms with Crippen LogP contribution >= 0.6 is 0 Å². The summed E-state index contributed by atoms with van der Waals surface area (Å²) in [6, 6.07) is 8.04. The minimum Gasteiger partial charge on any atom is -0.378 e. The number of nitrogens with zero attached hydrogens (tertiary/aromatic N) is 2. The molecule has 0 spiro atoms. The fraction of sp³-hybridized carbons (Fsp3) is 0.647. The van der Waals surface area contributed by atoms with Crippen LogP contribution in [0.25, 0.3) is 0 Å². The van der Waals surface area contributed by atoms with E-state index in [-0.39, 0.29) is 0 Å². The van der Waals surface area contributed by atoms with E-state index in [1.165, 1.54) is 48.9 Å². The molecule has 1 fully saturated rings. The lowest BCUT2D eigenvalue weighted by Crippen LogP contribution is -2.38. The largest absolute Gasteiger partial charge is 0.378 e. The highest BCUT2D eigenvalue weighted by atomic mass is 15.2. The second kappa shape index (κ2) is 5.74. The molecule has 3 nitrogen and oxygen atoms in total. The van der Waals surface area contributed by atoms with Crippen LogP contribution in [0.1, 0.15) is 49.3 Å². The van der Waals surface area contributed by atoms with Gasteiger partial charge in [-0.15, -0.1) is 0 Å². The van der Waals surface area contributed by atoms with Gasteiger partial charge in [-0.3, -0.25) is 4.90 Å². The van der Waals surface area contributed by atoms with Crippen molar-refractivity contribution in [3.63, 3.8) is 0 Å². The van der Waals surface area contributed by atoms with Crippen molar-refractivity contribution in [2.45, 2.75) is 50.7 Å². The number of nitrogens with two attached hydrogens (primary N) is 1. The minimum absolute atomic E-state index is 0.424. The number of benzene rings is 1. The van der Waals surface area contributed by atoms with Crippen LogP contribution in [0, 0.1) is 0 Å². The molecule has 1 atom stereocenters. The van der Waals surface area contributed by atoms with E-state index in [0.29, 0.717) is 6.04 Å². The Morgan fingerprint density at radius 1 is 1.20 bits per heavy atom. The van der Waals surface area contributed by atoms with E-state index in [1.54, 1.807) is 0 Å². The van der Waals surface area contributed by atoms with E-state index in [4.69, 9.17) is 5.73 Å². The van der Waals surface area contributed by atoms with Crippen LogP contribution < -0.4 is 10.6 Å². The summed E-state index contributed by atoms with van der Waals surface area (Å²) in [4.78, 5) is 4.85. The first-order valence-electron chi connectivity index (χ1n) is 7.96. The van der Waals surface area contributed by atoms with Gasteiger partial charge < -0.3 is 10.6 Å². The number of fused-ring (bicyclic) bond motifs is 1. The second-order valence-corrected chi connectivity index (χ2v) is 6.49. The molecular weight excluding hydrogens is 246 g/mol. The van der Waals surface area contributed by atoms with E-state index < -0.39 is 0 Å². The van der Waals surface area contributed by atoms with Crippen molar-refractivity contribution in [2.24, 2.45) is 5.73 Å². The van der Waals surface area contributed by atoms with E-state index >= 15 is 0 Å². The summed E-state index contributed by atoms with van der Waals surface area (Å²) in [5, 5.41) is 0. The summed E-state index contributed by atoms with van der Waals surface area (Å²) in [6.45, 7) is 1.83. The Kier molecular flexibility index (Phi) is 3.99. The first kappa shape index (κ1) is 13.9. The van der Waals surface area contributed by atoms with Crippen LogP contribution in [0.5, 0.6) is 0 Å². The summed E-state index contributed by atoms with van der Waals surface area (Å²) in [7, 11) is 4.21. The molecule has 1 heterocycles. The van der Waals surface area contributed by atoms with Crippen LogP contribution in [0.15, 0.2) is 18.2 Å². The van der Waals surface area contributed by atoms with Crippen molar-refractivity contribution in [2.75, 3.05) is 25.5 Å². The van der Waals surface area contributed by atoms with E-state index in [2.05, 4.69) is 42.1 Å². The summed E-state index contributed by atoms with van der Waals surface area (Å²) >= 11 is 0. The topological polar surface area (TPSA) is 32.5 Å². The van der Waals surface area contributed by atoms with Crippen molar-refractivity contribution in [3.05, 3.63) is 29.3 Å². The Balaban J connectivity index is 1.86. The number of anilines is 1. The van der Waals surface area contributed by atoms with Gasteiger partial charge in [0.2, 0.25) is 0 Å². The predicted molar refractivity (Wildman–Crippen MR) is 85.0 cm³/mol. The molecule has 1 aromatic carbocycles. The van der Waals surface area contributed by atoms with Crippen molar-refractivity contribution < 1.29 is 0 Å². The minimum atomic E-state index is 0.424. The van der Waals surface area contributed by atoms with Crippen molar-refractivity contribution in [3.8, 4) is 0 Å². The molecule has 2 aliphatic rings. The van der Waals surface area contributed by atoms with Crippen LogP contribution in [0.4, 0.5) is 5.69 Å². The standard InChI is InChI=1S/C17H27N3/c1-19(2)15-9-8-13-12-20(14-6-4-3-5-7-14)17(11-18)16(13)10-15/h8-10,14,17H,3-7,11-12,18H2,1-2H3. The van der Waals surface area contributed by atoms with Gasteiger partial charge >= 0.3 is 0 Å². The average molecular weight is 273 g/mol. The summed E-state index contributed by atoms with van der Waals surface area (Å²) in [6.07, 6.45) is 6.89. The Bertz CT molecular complexity index is 463. The maximum absolute atomic E-state index is 6.12. The third-order valence-electron chi connectivity index (χ3n) is 5.03. The lowest BCUT2D eigenvalue weighted by Gasteiger charge is -2.35. The zero-order valence-electron chi connectivity index (χ0n) is 12.8. The summed E-state index contributed by atoms with van der Waals surface area (Å²) in [5.74, 6) is 0. The zero-order chi connectivity index (χ0) is 14.1. The molecule has 20 heavy (non-hydrogen) atoms. The molecule has 1 saturated carbocycles. The van der Waals surface area contributed by atoms with Gasteiger partial charge in [-0.1, -0.05) is 25.3 Å². The molecule has 0 bridgehead atoms. The zero-order valence-corrected chi connectivity index (χ0v) is 12.8. The van der Waals surface area contributed by atoms with Crippen LogP contribution in [0.3, 0.4) is 0 Å². The first-order chi connectivity index (χ1) is 9.70. The third kappa shape index (κ3) is 2.45. The lowest BCUT2D eigenvalue weighted by atomic mass is 9.93. The number of hydrogen-bond donors (Lipinski definition) is 1. The molecule has 1 aliphatic carbocycles. The van der Waals surface area contributed by atoms with E-state index in [1.807, 2.05) is 0 Å². The Morgan fingerprint density at radius 3 is 2.60 bits per heavy atom. The maximum Gasteiger partial charge on any atom is 0.0480 e. The lowest BCUT2D eigenvalue weighted by molar-refractivity contribution is 0.117. The average Bonchev–Trinajstić information content (AvgIpc) is 2.85. The molecule has 1 unspecified atom stereocenters. The number of hydrogen-bond acceptors (Lipinski definition) is 3. The molecule has 0 radical (unpaired) electrons. The van der Waals surface area contributed by atoms with Crippen LogP contribution in [-0.2, 0) is 6.54 Å². The molecule has 1 aromatic rings. The first-order valence-corrected chi connectivity index (χ1v) is 7.96. The van der Waals surface area contributed by atoms with Crippen molar-refractivity contribution in [1.29, 1.82) is 0 Å². The Hall–Kier alpha value is -1.06. The third-order valence-corrected chi connectivity index (χ3v) is 5.03. The van der Waals surface area contributed by atoms with Gasteiger partial charge in [0.05, 0.1) is 0 Å². The molecule has 1 aliphatic heterocycles. The molecular formula is C17H27N3. The molecule has 110 valence electrons. The molecule has 3 rings (SSSR count). The van der Waals surface area contributed by atoms with Gasteiger partial charge in [-0.25, -0.2) is 0 Å². The number of rotatable bonds is 3. The van der Waals surface area contributed by atoms with Gasteiger partial charge in [0, 0.05) is 45.0 Å². The molecule has 0 aromatic heterocycles. The SMILES string of the molecule is CN(C)c1ccc2c(c1)C(CN)N(C1CCCCC1)C2. The summed E-state index contributed by atoms with van der Waals surface area (Å²) in [5.41, 5.74) is 10.3. The van der Waals surface area contributed by atoms with Crippen LogP contribution in [0.2, 0.25) is 0 Å². The molecule has 2 N–H and O–H groups in total. The Labute approximate surface area is 122 Å². The quantitative estimate of drug-likeness (QED) is 0.919. The van der Waals surface area contributed by atoms with E-state index in [0.717, 1.165) is 19.1 Å². The van der Waals surface area contributed by atoms with Gasteiger partial charge in [0.15, 0.2) is 0 Å². The Morgan fingerprint density at radius 2 is 1.95 bits per heavy atom. The molecule has 0 saturated heterocycles. The summed E-state index contributed by atoms with van der Waals surface area (Å²) < 4.78 is 0. The monoisotopic (exact) mass is 273 g/mol. The van der Waals surface area contributed by atoms with Gasteiger partial charge in [-0.05, 0) is 36.1 Å². The van der Waals surface area contributed by atoms with Crippen LogP contribution in [-0.4, -0.2) is 31.6 Å². The maximum atomic E-state index is 6.12. The second-order valence-electron chi connectivity index (χ2n) is 6.49. The molecule has 0 amide bonds. The molecule has 3 heteroatoms. The fourth-order valence-electron chi connectivity index (χ4n) is 3.86. The van der Waals surface area contributed by atoms with Crippen molar-refractivity contribution in [1.82, 2.24) is 4.90 Å². The van der Waals surface area contributed by atoms with Crippen molar-refractivity contribution >= 4 is 5.69 Å². The predicted octanol–water partition coefficient (Wildman–Crippen LogP) is 2.90. The normalized spacial score (nSPS) is 23.9. The highest BCUT2D eigenvalue weighted by molar-refractivity contribution is 5.52. The fourth-order valence-corrected chi connectivity index (χ4v) is 3.86. The highest BCUT2D eigenvalue weighted by Crippen LogP contribution is 2.39. The smallest absolute Gasteiger partial charge is 0.0480 e. The van der Waals surface area contributed by atoms with Gasteiger partial charge in [-0.2, -0.15) is 0 Å². The van der Waals surface area contributed by atoms with Gasteiger partial charge in [0.1, 0.15) is 0 Å².